The molecule has 0 aliphatic heterocycles. The molecule has 0 spiro atoms. The molecule has 26 heavy (non-hydrogen) atoms. The number of benzene rings is 1. The third kappa shape index (κ3) is 2.68. The number of aromatic amines is 1. The van der Waals surface area contributed by atoms with Crippen molar-refractivity contribution in [3.8, 4) is 23.0 Å². The van der Waals surface area contributed by atoms with E-state index in [9.17, 15) is 0 Å². The van der Waals surface area contributed by atoms with E-state index in [0.29, 0.717) is 34.3 Å². The second kappa shape index (κ2) is 6.19. The molecule has 1 N–H and O–H groups in total. The van der Waals surface area contributed by atoms with Crippen LogP contribution in [0.4, 0.5) is 0 Å². The predicted molar refractivity (Wildman–Crippen MR) is 93.2 cm³/mol. The van der Waals surface area contributed by atoms with Crippen molar-refractivity contribution < 1.29 is 13.4 Å². The van der Waals surface area contributed by atoms with Crippen LogP contribution < -0.4 is 0 Å². The molecule has 5 aromatic rings. The Hall–Kier alpha value is -3.33. The number of hydrogen-bond donors (Lipinski definition) is 1. The van der Waals surface area contributed by atoms with Gasteiger partial charge in [0.25, 0.3) is 11.1 Å². The molecular weight excluding hydrogens is 354 g/mol. The first kappa shape index (κ1) is 15.0. The summed E-state index contributed by atoms with van der Waals surface area (Å²) in [6, 6.07) is 11.5. The lowest BCUT2D eigenvalue weighted by atomic mass is 10.2. The van der Waals surface area contributed by atoms with Crippen LogP contribution in [0.2, 0.25) is 0 Å². The van der Waals surface area contributed by atoms with E-state index < -0.39 is 0 Å². The molecule has 0 bridgehead atoms. The zero-order chi connectivity index (χ0) is 17.3. The largest absolute Gasteiger partial charge is 0.461 e. The lowest BCUT2D eigenvalue weighted by Crippen LogP contribution is -1.81. The van der Waals surface area contributed by atoms with Crippen LogP contribution in [0.1, 0.15) is 5.89 Å². The summed E-state index contributed by atoms with van der Waals surface area (Å²) in [6.45, 7) is 0. The van der Waals surface area contributed by atoms with Gasteiger partial charge in [-0.2, -0.15) is 4.98 Å². The average molecular weight is 365 g/mol. The summed E-state index contributed by atoms with van der Waals surface area (Å²) in [4.78, 5) is 7.47. The van der Waals surface area contributed by atoms with E-state index in [0.717, 1.165) is 16.5 Å². The fourth-order valence-corrected chi connectivity index (χ4v) is 3.17. The summed E-state index contributed by atoms with van der Waals surface area (Å²) < 4.78 is 16.2. The quantitative estimate of drug-likeness (QED) is 0.463. The van der Waals surface area contributed by atoms with Gasteiger partial charge in [0.2, 0.25) is 11.7 Å². The molecule has 4 heterocycles. The summed E-state index contributed by atoms with van der Waals surface area (Å²) in [5.74, 6) is 2.31. The van der Waals surface area contributed by atoms with Crippen molar-refractivity contribution in [2.45, 2.75) is 11.0 Å². The Labute approximate surface area is 150 Å². The van der Waals surface area contributed by atoms with Crippen molar-refractivity contribution >= 4 is 22.7 Å². The maximum Gasteiger partial charge on any atom is 0.277 e. The van der Waals surface area contributed by atoms with Crippen LogP contribution in [0.5, 0.6) is 0 Å². The molecule has 0 saturated heterocycles. The fourth-order valence-electron chi connectivity index (χ4n) is 2.57. The van der Waals surface area contributed by atoms with Gasteiger partial charge in [0.05, 0.1) is 17.6 Å². The third-order valence-corrected chi connectivity index (χ3v) is 4.56. The topological polar surface area (TPSA) is 107 Å². The first-order valence-electron chi connectivity index (χ1n) is 7.76. The van der Waals surface area contributed by atoms with Gasteiger partial charge in [-0.1, -0.05) is 35.1 Å². The highest BCUT2D eigenvalue weighted by molar-refractivity contribution is 7.98. The molecule has 0 radical (unpaired) electrons. The lowest BCUT2D eigenvalue weighted by molar-refractivity contribution is 0.389. The molecule has 0 aliphatic rings. The molecule has 0 saturated carbocycles. The summed E-state index contributed by atoms with van der Waals surface area (Å²) >= 11 is 1.33. The normalized spacial score (nSPS) is 11.4. The van der Waals surface area contributed by atoms with E-state index in [4.69, 9.17) is 13.4 Å². The summed E-state index contributed by atoms with van der Waals surface area (Å²) in [6.07, 6.45) is 3.42. The molecule has 5 rings (SSSR count). The van der Waals surface area contributed by atoms with Gasteiger partial charge in [0.15, 0.2) is 5.76 Å². The van der Waals surface area contributed by atoms with Crippen molar-refractivity contribution in [3.63, 3.8) is 0 Å². The van der Waals surface area contributed by atoms with Crippen molar-refractivity contribution in [1.29, 1.82) is 0 Å². The van der Waals surface area contributed by atoms with Crippen molar-refractivity contribution in [2.24, 2.45) is 0 Å². The van der Waals surface area contributed by atoms with Crippen LogP contribution in [0.15, 0.2) is 67.4 Å². The highest BCUT2D eigenvalue weighted by Gasteiger charge is 2.15. The van der Waals surface area contributed by atoms with Crippen LogP contribution in [0.25, 0.3) is 33.9 Å². The summed E-state index contributed by atoms with van der Waals surface area (Å²) in [7, 11) is 0. The van der Waals surface area contributed by atoms with Crippen LogP contribution in [-0.4, -0.2) is 25.3 Å². The number of thioether (sulfide) groups is 1. The van der Waals surface area contributed by atoms with Crippen molar-refractivity contribution in [2.75, 3.05) is 0 Å². The first-order chi connectivity index (χ1) is 12.9. The Morgan fingerprint density at radius 1 is 1.08 bits per heavy atom. The van der Waals surface area contributed by atoms with Gasteiger partial charge in [-0.3, -0.25) is 0 Å². The molecule has 0 aliphatic carbocycles. The standard InChI is InChI=1S/C17H11N5O3S/c1-2-5-12-10(4-1)11(8-18-12)16-20-21-17(24-16)26-9-14-19-15(22-25-14)13-6-3-7-23-13/h1-8,18H,9H2. The lowest BCUT2D eigenvalue weighted by Gasteiger charge is -1.92. The van der Waals surface area contributed by atoms with Crippen molar-refractivity contribution in [1.82, 2.24) is 25.3 Å². The number of fused-ring (bicyclic) bond motifs is 1. The molecule has 0 amide bonds. The van der Waals surface area contributed by atoms with E-state index in [1.54, 1.807) is 18.4 Å². The van der Waals surface area contributed by atoms with Gasteiger partial charge in [-0.05, 0) is 18.2 Å². The highest BCUT2D eigenvalue weighted by Crippen LogP contribution is 2.30. The van der Waals surface area contributed by atoms with E-state index in [-0.39, 0.29) is 0 Å². The molecule has 0 atom stereocenters. The maximum atomic E-state index is 5.75. The highest BCUT2D eigenvalue weighted by atomic mass is 32.2. The number of nitrogens with one attached hydrogen (secondary N) is 1. The van der Waals surface area contributed by atoms with Crippen LogP contribution >= 0.6 is 11.8 Å². The van der Waals surface area contributed by atoms with Gasteiger partial charge in [0.1, 0.15) is 0 Å². The number of rotatable bonds is 5. The van der Waals surface area contributed by atoms with Gasteiger partial charge in [-0.15, -0.1) is 10.2 Å². The first-order valence-corrected chi connectivity index (χ1v) is 8.74. The minimum Gasteiger partial charge on any atom is -0.461 e. The number of H-pyrrole nitrogens is 1. The zero-order valence-electron chi connectivity index (χ0n) is 13.2. The molecule has 8 nitrogen and oxygen atoms in total. The monoisotopic (exact) mass is 365 g/mol. The zero-order valence-corrected chi connectivity index (χ0v) is 14.1. The second-order valence-electron chi connectivity index (χ2n) is 5.40. The predicted octanol–water partition coefficient (Wildman–Crippen LogP) is 4.15. The second-order valence-corrected chi connectivity index (χ2v) is 6.33. The number of hydrogen-bond acceptors (Lipinski definition) is 8. The van der Waals surface area contributed by atoms with Gasteiger partial charge in [-0.25, -0.2) is 0 Å². The Morgan fingerprint density at radius 3 is 2.96 bits per heavy atom. The van der Waals surface area contributed by atoms with E-state index in [1.165, 1.54) is 11.8 Å². The molecule has 9 heteroatoms. The van der Waals surface area contributed by atoms with Crippen LogP contribution in [-0.2, 0) is 5.75 Å². The van der Waals surface area contributed by atoms with Crippen LogP contribution in [0.3, 0.4) is 0 Å². The Balaban J connectivity index is 1.32. The fraction of sp³-hybridized carbons (Fsp3) is 0.0588. The number of para-hydroxylation sites is 1. The Morgan fingerprint density at radius 2 is 2.04 bits per heavy atom. The van der Waals surface area contributed by atoms with Gasteiger partial charge < -0.3 is 18.3 Å². The van der Waals surface area contributed by atoms with Crippen molar-refractivity contribution in [3.05, 3.63) is 54.7 Å². The van der Waals surface area contributed by atoms with Gasteiger partial charge >= 0.3 is 0 Å². The average Bonchev–Trinajstić information content (AvgIpc) is 3.46. The Bertz CT molecular complexity index is 1160. The molecule has 1 aromatic carbocycles. The van der Waals surface area contributed by atoms with E-state index in [1.807, 2.05) is 30.5 Å². The third-order valence-electron chi connectivity index (χ3n) is 3.75. The molecule has 128 valence electrons. The maximum absolute atomic E-state index is 5.75. The molecule has 4 aromatic heterocycles. The van der Waals surface area contributed by atoms with E-state index in [2.05, 4.69) is 25.3 Å². The van der Waals surface area contributed by atoms with Gasteiger partial charge in [0, 0.05) is 17.1 Å². The SMILES string of the molecule is c1coc(-c2noc(CSc3nnc(-c4c[nH]c5ccccc45)o3)n2)c1. The Kier molecular flexibility index (Phi) is 3.56. The summed E-state index contributed by atoms with van der Waals surface area (Å²) in [5.41, 5.74) is 1.89. The van der Waals surface area contributed by atoms with E-state index >= 15 is 0 Å². The molecular formula is C17H11N5O3S. The minimum absolute atomic E-state index is 0.413. The molecule has 0 fully saturated rings. The summed E-state index contributed by atoms with van der Waals surface area (Å²) in [5, 5.41) is 13.6. The number of furan rings is 1. The van der Waals surface area contributed by atoms with Crippen LogP contribution in [0, 0.1) is 0 Å². The smallest absolute Gasteiger partial charge is 0.277 e. The number of aromatic nitrogens is 5. The minimum atomic E-state index is 0.413. The number of nitrogens with zero attached hydrogens (tertiary/aromatic N) is 4. The molecule has 0 unspecified atom stereocenters.